The van der Waals surface area contributed by atoms with Crippen molar-refractivity contribution in [1.82, 2.24) is 9.71 Å². The molecule has 1 aromatic carbocycles. The average molecular weight is 379 g/mol. The van der Waals surface area contributed by atoms with Gasteiger partial charge in [0, 0.05) is 31.3 Å². The van der Waals surface area contributed by atoms with E-state index in [0.717, 1.165) is 18.4 Å². The van der Waals surface area contributed by atoms with E-state index in [1.165, 1.54) is 19.3 Å². The van der Waals surface area contributed by atoms with Gasteiger partial charge in [-0.3, -0.25) is 4.98 Å². The molecule has 0 saturated carbocycles. The standard InChI is InChI=1S/C20H30N2O3S/c1-3-5-9-17(4-2)16-25-15-8-14-22-26(23,24)19-12-6-10-18-11-7-13-21-20(18)19/h6-7,10-13,17,22H,3-5,8-9,14-16H2,1-2H3. The maximum atomic E-state index is 12.6. The van der Waals surface area contributed by atoms with Crippen molar-refractivity contribution >= 4 is 20.9 Å². The number of hydrogen-bond acceptors (Lipinski definition) is 4. The van der Waals surface area contributed by atoms with E-state index in [-0.39, 0.29) is 4.90 Å². The minimum absolute atomic E-state index is 0.224. The van der Waals surface area contributed by atoms with E-state index >= 15 is 0 Å². The highest BCUT2D eigenvalue weighted by atomic mass is 32.2. The molecular weight excluding hydrogens is 348 g/mol. The number of aromatic nitrogens is 1. The smallest absolute Gasteiger partial charge is 0.242 e. The minimum atomic E-state index is -3.58. The van der Waals surface area contributed by atoms with Crippen LogP contribution in [-0.2, 0) is 14.8 Å². The van der Waals surface area contributed by atoms with Crippen molar-refractivity contribution in [2.24, 2.45) is 5.92 Å². The summed E-state index contributed by atoms with van der Waals surface area (Å²) in [6.07, 6.45) is 7.04. The highest BCUT2D eigenvalue weighted by Crippen LogP contribution is 2.20. The molecule has 0 aliphatic heterocycles. The van der Waals surface area contributed by atoms with Crippen LogP contribution < -0.4 is 4.72 Å². The van der Waals surface area contributed by atoms with Crippen molar-refractivity contribution in [3.63, 3.8) is 0 Å². The predicted molar refractivity (Wildman–Crippen MR) is 106 cm³/mol. The zero-order valence-electron chi connectivity index (χ0n) is 15.8. The fourth-order valence-electron chi connectivity index (χ4n) is 2.90. The number of fused-ring (bicyclic) bond motifs is 1. The molecule has 1 aromatic heterocycles. The number of hydrogen-bond donors (Lipinski definition) is 1. The SMILES string of the molecule is CCCCC(CC)COCCCNS(=O)(=O)c1cccc2cccnc12. The number of rotatable bonds is 12. The first-order chi connectivity index (χ1) is 12.6. The van der Waals surface area contributed by atoms with Gasteiger partial charge in [-0.1, -0.05) is 51.3 Å². The lowest BCUT2D eigenvalue weighted by Crippen LogP contribution is -2.26. The summed E-state index contributed by atoms with van der Waals surface area (Å²) < 4.78 is 33.5. The van der Waals surface area contributed by atoms with Crippen molar-refractivity contribution in [1.29, 1.82) is 0 Å². The highest BCUT2D eigenvalue weighted by Gasteiger charge is 2.17. The van der Waals surface area contributed by atoms with Gasteiger partial charge in [-0.2, -0.15) is 0 Å². The van der Waals surface area contributed by atoms with E-state index < -0.39 is 10.0 Å². The molecule has 1 atom stereocenters. The lowest BCUT2D eigenvalue weighted by Gasteiger charge is -2.14. The first-order valence-corrected chi connectivity index (χ1v) is 11.0. The van der Waals surface area contributed by atoms with Crippen LogP contribution in [0.1, 0.15) is 46.0 Å². The molecule has 0 radical (unpaired) electrons. The molecule has 144 valence electrons. The molecule has 0 saturated heterocycles. The van der Waals surface area contributed by atoms with Crippen LogP contribution >= 0.6 is 0 Å². The summed E-state index contributed by atoms with van der Waals surface area (Å²) in [4.78, 5) is 4.44. The summed E-state index contributed by atoms with van der Waals surface area (Å²) in [5.41, 5.74) is 0.500. The van der Waals surface area contributed by atoms with Crippen molar-refractivity contribution in [2.75, 3.05) is 19.8 Å². The van der Waals surface area contributed by atoms with Crippen LogP contribution in [0.4, 0.5) is 0 Å². The van der Waals surface area contributed by atoms with Crippen LogP contribution in [0.2, 0.25) is 0 Å². The molecular formula is C20H30N2O3S. The normalized spacial score (nSPS) is 13.2. The zero-order chi connectivity index (χ0) is 18.8. The third-order valence-electron chi connectivity index (χ3n) is 4.54. The second kappa shape index (κ2) is 10.6. The van der Waals surface area contributed by atoms with E-state index in [1.807, 2.05) is 12.1 Å². The zero-order valence-corrected chi connectivity index (χ0v) is 16.6. The largest absolute Gasteiger partial charge is 0.381 e. The summed E-state index contributed by atoms with van der Waals surface area (Å²) in [5.74, 6) is 0.605. The van der Waals surface area contributed by atoms with Crippen LogP contribution in [0.3, 0.4) is 0 Å². The number of benzene rings is 1. The van der Waals surface area contributed by atoms with Crippen molar-refractivity contribution < 1.29 is 13.2 Å². The number of sulfonamides is 1. The Bertz CT molecular complexity index is 772. The van der Waals surface area contributed by atoms with Crippen LogP contribution in [0.25, 0.3) is 10.9 Å². The molecule has 1 unspecified atom stereocenters. The third kappa shape index (κ3) is 6.04. The van der Waals surface area contributed by atoms with Crippen LogP contribution in [-0.4, -0.2) is 33.2 Å². The van der Waals surface area contributed by atoms with E-state index in [9.17, 15) is 8.42 Å². The number of nitrogens with zero attached hydrogens (tertiary/aromatic N) is 1. The molecule has 6 heteroatoms. The molecule has 0 aliphatic rings. The molecule has 5 nitrogen and oxygen atoms in total. The Labute approximate surface area is 157 Å². The van der Waals surface area contributed by atoms with E-state index in [0.29, 0.717) is 31.0 Å². The molecule has 2 aromatic rings. The molecule has 0 fully saturated rings. The molecule has 1 N–H and O–H groups in total. The number of pyridine rings is 1. The lowest BCUT2D eigenvalue weighted by atomic mass is 10.0. The van der Waals surface area contributed by atoms with Gasteiger partial charge in [0.15, 0.2) is 0 Å². The topological polar surface area (TPSA) is 68.3 Å². The van der Waals surface area contributed by atoms with E-state index in [2.05, 4.69) is 23.6 Å². The van der Waals surface area contributed by atoms with Crippen molar-refractivity contribution in [3.05, 3.63) is 36.5 Å². The first-order valence-electron chi connectivity index (χ1n) is 9.49. The Morgan fingerprint density at radius 2 is 1.96 bits per heavy atom. The Balaban J connectivity index is 1.80. The van der Waals surface area contributed by atoms with Gasteiger partial charge in [-0.25, -0.2) is 13.1 Å². The van der Waals surface area contributed by atoms with Crippen LogP contribution in [0, 0.1) is 5.92 Å². The molecule has 2 rings (SSSR count). The number of para-hydroxylation sites is 1. The number of ether oxygens (including phenoxy) is 1. The Morgan fingerprint density at radius 1 is 1.15 bits per heavy atom. The third-order valence-corrected chi connectivity index (χ3v) is 6.03. The Kier molecular flexibility index (Phi) is 8.48. The van der Waals surface area contributed by atoms with Crippen molar-refractivity contribution in [2.45, 2.75) is 50.8 Å². The molecule has 0 bridgehead atoms. The second-order valence-electron chi connectivity index (χ2n) is 6.57. The monoisotopic (exact) mass is 378 g/mol. The maximum Gasteiger partial charge on any atom is 0.242 e. The molecule has 1 heterocycles. The van der Waals surface area contributed by atoms with Crippen molar-refractivity contribution in [3.8, 4) is 0 Å². The fourth-order valence-corrected chi connectivity index (χ4v) is 4.15. The Hall–Kier alpha value is -1.50. The molecule has 0 aliphatic carbocycles. The first kappa shape index (κ1) is 20.8. The molecule has 26 heavy (non-hydrogen) atoms. The summed E-state index contributed by atoms with van der Waals surface area (Å²) in [6.45, 7) is 6.08. The summed E-state index contributed by atoms with van der Waals surface area (Å²) in [7, 11) is -3.58. The fraction of sp³-hybridized carbons (Fsp3) is 0.550. The van der Waals surface area contributed by atoms with Gasteiger partial charge in [0.1, 0.15) is 4.90 Å². The lowest BCUT2D eigenvalue weighted by molar-refractivity contribution is 0.0928. The highest BCUT2D eigenvalue weighted by molar-refractivity contribution is 7.89. The minimum Gasteiger partial charge on any atom is -0.381 e. The molecule has 0 spiro atoms. The van der Waals surface area contributed by atoms with Gasteiger partial charge in [0.2, 0.25) is 10.0 Å². The van der Waals surface area contributed by atoms with E-state index in [1.54, 1.807) is 24.4 Å². The number of unbranched alkanes of at least 4 members (excludes halogenated alkanes) is 1. The van der Waals surface area contributed by atoms with Gasteiger partial charge in [0.25, 0.3) is 0 Å². The summed E-state index contributed by atoms with van der Waals surface area (Å²) >= 11 is 0. The quantitative estimate of drug-likeness (QED) is 0.564. The molecule has 0 amide bonds. The Morgan fingerprint density at radius 3 is 2.73 bits per heavy atom. The van der Waals surface area contributed by atoms with Gasteiger partial charge in [-0.05, 0) is 30.9 Å². The van der Waals surface area contributed by atoms with Gasteiger partial charge < -0.3 is 4.74 Å². The maximum absolute atomic E-state index is 12.6. The van der Waals surface area contributed by atoms with Gasteiger partial charge in [0.05, 0.1) is 5.52 Å². The average Bonchev–Trinajstić information content (AvgIpc) is 2.66. The number of nitrogens with one attached hydrogen (secondary N) is 1. The predicted octanol–water partition coefficient (Wildman–Crippen LogP) is 4.14. The second-order valence-corrected chi connectivity index (χ2v) is 8.31. The van der Waals surface area contributed by atoms with Crippen LogP contribution in [0.5, 0.6) is 0 Å². The van der Waals surface area contributed by atoms with Gasteiger partial charge >= 0.3 is 0 Å². The van der Waals surface area contributed by atoms with E-state index in [4.69, 9.17) is 4.74 Å². The van der Waals surface area contributed by atoms with Gasteiger partial charge in [-0.15, -0.1) is 0 Å². The summed E-state index contributed by atoms with van der Waals surface area (Å²) in [6, 6.07) is 8.85. The van der Waals surface area contributed by atoms with Crippen LogP contribution in [0.15, 0.2) is 41.4 Å². The summed E-state index contributed by atoms with van der Waals surface area (Å²) in [5, 5.41) is 0.816.